The number of halogens is 6. The molecule has 2 aliphatic rings. The molecule has 2 amide bonds. The van der Waals surface area contributed by atoms with Crippen LogP contribution in [0.5, 0.6) is 0 Å². The molecule has 2 saturated heterocycles. The molecular weight excluding hydrogens is 586 g/mol. The molecule has 0 saturated carbocycles. The van der Waals surface area contributed by atoms with Crippen LogP contribution in [-0.2, 0) is 27.6 Å². The van der Waals surface area contributed by atoms with Gasteiger partial charge in [0.1, 0.15) is 0 Å². The Hall–Kier alpha value is -2.00. The van der Waals surface area contributed by atoms with Crippen LogP contribution in [0.25, 0.3) is 0 Å². The number of carbonyl (C=O) groups is 2. The molecule has 2 fully saturated rings. The van der Waals surface area contributed by atoms with Crippen molar-refractivity contribution in [1.82, 2.24) is 15.1 Å². The number of amides is 2. The van der Waals surface area contributed by atoms with E-state index in [4.69, 9.17) is 34.8 Å². The van der Waals surface area contributed by atoms with Crippen LogP contribution in [0.3, 0.4) is 0 Å². The highest BCUT2D eigenvalue weighted by Gasteiger charge is 2.44. The lowest BCUT2D eigenvalue weighted by Crippen LogP contribution is -2.53. The van der Waals surface area contributed by atoms with Crippen LogP contribution in [0.1, 0.15) is 49.3 Å². The number of rotatable bonds is 8. The molecule has 0 aliphatic carbocycles. The van der Waals surface area contributed by atoms with E-state index in [1.54, 1.807) is 31.2 Å². The number of alkyl halides is 3. The number of carbonyl (C=O) groups excluding carboxylic acids is 2. The largest absolute Gasteiger partial charge is 0.417 e. The van der Waals surface area contributed by atoms with Crippen LogP contribution >= 0.6 is 34.8 Å². The third-order valence-electron chi connectivity index (χ3n) is 8.44. The quantitative estimate of drug-likeness (QED) is 0.362. The third-order valence-corrected chi connectivity index (χ3v) is 9.51. The van der Waals surface area contributed by atoms with Gasteiger partial charge in [0.05, 0.1) is 26.0 Å². The number of hydrogen-bond donors (Lipinski definition) is 1. The average Bonchev–Trinajstić information content (AvgIpc) is 3.35. The van der Waals surface area contributed by atoms with Crippen molar-refractivity contribution in [2.45, 2.75) is 56.7 Å². The normalized spacial score (nSPS) is 19.5. The van der Waals surface area contributed by atoms with Crippen molar-refractivity contribution in [3.8, 4) is 0 Å². The molecule has 5 nitrogen and oxygen atoms in total. The first-order chi connectivity index (χ1) is 18.8. The van der Waals surface area contributed by atoms with Gasteiger partial charge in [-0.25, -0.2) is 0 Å². The zero-order chi connectivity index (χ0) is 29.2. The van der Waals surface area contributed by atoms with Crippen LogP contribution in [0.2, 0.25) is 15.1 Å². The maximum Gasteiger partial charge on any atom is 0.417 e. The second-order valence-electron chi connectivity index (χ2n) is 10.8. The van der Waals surface area contributed by atoms with Crippen molar-refractivity contribution in [3.63, 3.8) is 0 Å². The molecule has 4 rings (SSSR count). The van der Waals surface area contributed by atoms with Gasteiger partial charge in [-0.15, -0.1) is 0 Å². The second kappa shape index (κ2) is 12.5. The summed E-state index contributed by atoms with van der Waals surface area (Å²) >= 11 is 18.4. The number of hydrogen-bond acceptors (Lipinski definition) is 3. The first-order valence-corrected chi connectivity index (χ1v) is 14.5. The predicted octanol–water partition coefficient (Wildman–Crippen LogP) is 6.62. The van der Waals surface area contributed by atoms with Gasteiger partial charge in [0.15, 0.2) is 0 Å². The summed E-state index contributed by atoms with van der Waals surface area (Å²) in [6.07, 6.45) is -1.32. The Labute approximate surface area is 247 Å². The average molecular weight is 619 g/mol. The van der Waals surface area contributed by atoms with Crippen LogP contribution < -0.4 is 5.32 Å². The molecule has 0 radical (unpaired) electrons. The highest BCUT2D eigenvalue weighted by atomic mass is 35.5. The highest BCUT2D eigenvalue weighted by molar-refractivity contribution is 6.42. The summed E-state index contributed by atoms with van der Waals surface area (Å²) in [4.78, 5) is 30.1. The van der Waals surface area contributed by atoms with Gasteiger partial charge in [-0.05, 0) is 73.9 Å². The standard InChI is InChI=1S/C29H33Cl3F3N3O2/c1-28(27(40)36-2,19-6-8-24(31)25(32)16-19)20(14-18-5-7-23(30)22(15-18)29(33,34)35)17-37-12-9-21(10-13-37)38-11-3-4-26(38)39/h5-8,15-16,20-21H,3-4,9-14,17H2,1-2H3,(H,36,40). The number of likely N-dealkylation sites (tertiary alicyclic amines) is 2. The monoisotopic (exact) mass is 617 g/mol. The van der Waals surface area contributed by atoms with E-state index < -0.39 is 23.1 Å². The van der Waals surface area contributed by atoms with Gasteiger partial charge in [-0.1, -0.05) is 46.9 Å². The first kappa shape index (κ1) is 30.9. The summed E-state index contributed by atoms with van der Waals surface area (Å²) in [7, 11) is 1.54. The number of nitrogens with zero attached hydrogens (tertiary/aromatic N) is 2. The Kier molecular flexibility index (Phi) is 9.65. The summed E-state index contributed by atoms with van der Waals surface area (Å²) in [5.41, 5.74) is -1.01. The van der Waals surface area contributed by atoms with E-state index in [-0.39, 0.29) is 34.3 Å². The lowest BCUT2D eigenvalue weighted by Gasteiger charge is -2.42. The van der Waals surface area contributed by atoms with Gasteiger partial charge in [0.25, 0.3) is 0 Å². The van der Waals surface area contributed by atoms with Gasteiger partial charge in [0.2, 0.25) is 11.8 Å². The third kappa shape index (κ3) is 6.56. The number of piperidine rings is 1. The van der Waals surface area contributed by atoms with Crippen molar-refractivity contribution in [2.75, 3.05) is 33.2 Å². The fourth-order valence-electron chi connectivity index (χ4n) is 6.06. The van der Waals surface area contributed by atoms with Crippen molar-refractivity contribution < 1.29 is 22.8 Å². The molecule has 0 bridgehead atoms. The first-order valence-electron chi connectivity index (χ1n) is 13.4. The van der Waals surface area contributed by atoms with Crippen molar-refractivity contribution in [2.24, 2.45) is 5.92 Å². The predicted molar refractivity (Wildman–Crippen MR) is 152 cm³/mol. The van der Waals surface area contributed by atoms with E-state index in [1.165, 1.54) is 13.1 Å². The van der Waals surface area contributed by atoms with Crippen molar-refractivity contribution in [3.05, 3.63) is 68.2 Å². The maximum absolute atomic E-state index is 13.7. The van der Waals surface area contributed by atoms with Crippen LogP contribution in [0.4, 0.5) is 13.2 Å². The van der Waals surface area contributed by atoms with Crippen LogP contribution in [0.15, 0.2) is 36.4 Å². The Morgan fingerprint density at radius 1 is 1.02 bits per heavy atom. The fourth-order valence-corrected chi connectivity index (χ4v) is 6.59. The SMILES string of the molecule is CNC(=O)C(C)(c1ccc(Cl)c(Cl)c1)C(Cc1ccc(Cl)c(C(F)(F)F)c1)CN1CCC(N2CCCC2=O)CC1. The zero-order valence-corrected chi connectivity index (χ0v) is 24.7. The summed E-state index contributed by atoms with van der Waals surface area (Å²) in [5, 5.41) is 3.01. The smallest absolute Gasteiger partial charge is 0.358 e. The van der Waals surface area contributed by atoms with Crippen LogP contribution in [-0.4, -0.2) is 60.9 Å². The Bertz CT molecular complexity index is 1250. The molecule has 2 aromatic carbocycles. The van der Waals surface area contributed by atoms with E-state index in [9.17, 15) is 22.8 Å². The number of benzene rings is 2. The van der Waals surface area contributed by atoms with E-state index in [0.717, 1.165) is 31.9 Å². The molecular formula is C29H33Cl3F3N3O2. The minimum absolute atomic E-state index is 0.189. The van der Waals surface area contributed by atoms with Crippen molar-refractivity contribution >= 4 is 46.6 Å². The lowest BCUT2D eigenvalue weighted by atomic mass is 9.68. The summed E-state index contributed by atoms with van der Waals surface area (Å²) in [6, 6.07) is 9.11. The van der Waals surface area contributed by atoms with Gasteiger partial charge in [-0.3, -0.25) is 9.59 Å². The summed E-state index contributed by atoms with van der Waals surface area (Å²) in [6.45, 7) is 4.46. The summed E-state index contributed by atoms with van der Waals surface area (Å²) < 4.78 is 41.0. The van der Waals surface area contributed by atoms with E-state index in [0.29, 0.717) is 42.2 Å². The highest BCUT2D eigenvalue weighted by Crippen LogP contribution is 2.40. The van der Waals surface area contributed by atoms with E-state index in [2.05, 4.69) is 10.2 Å². The Morgan fingerprint density at radius 3 is 2.27 bits per heavy atom. The molecule has 2 heterocycles. The number of nitrogens with one attached hydrogen (secondary N) is 1. The topological polar surface area (TPSA) is 52.7 Å². The minimum atomic E-state index is -4.61. The minimum Gasteiger partial charge on any atom is -0.358 e. The fraction of sp³-hybridized carbons (Fsp3) is 0.517. The summed E-state index contributed by atoms with van der Waals surface area (Å²) in [5.74, 6) is -0.512. The van der Waals surface area contributed by atoms with Gasteiger partial charge >= 0.3 is 6.18 Å². The molecule has 11 heteroatoms. The van der Waals surface area contributed by atoms with Crippen molar-refractivity contribution in [1.29, 1.82) is 0 Å². The molecule has 0 aromatic heterocycles. The molecule has 2 unspecified atom stereocenters. The molecule has 1 N–H and O–H groups in total. The Morgan fingerprint density at radius 2 is 1.70 bits per heavy atom. The lowest BCUT2D eigenvalue weighted by molar-refractivity contribution is -0.137. The van der Waals surface area contributed by atoms with E-state index >= 15 is 0 Å². The van der Waals surface area contributed by atoms with Gasteiger partial charge in [0, 0.05) is 45.7 Å². The zero-order valence-electron chi connectivity index (χ0n) is 22.5. The molecule has 40 heavy (non-hydrogen) atoms. The van der Waals surface area contributed by atoms with Crippen LogP contribution in [0, 0.1) is 5.92 Å². The second-order valence-corrected chi connectivity index (χ2v) is 12.1. The Balaban J connectivity index is 1.68. The van der Waals surface area contributed by atoms with E-state index in [1.807, 2.05) is 4.90 Å². The molecule has 0 spiro atoms. The molecule has 218 valence electrons. The van der Waals surface area contributed by atoms with Gasteiger partial charge < -0.3 is 15.1 Å². The molecule has 2 atom stereocenters. The van der Waals surface area contributed by atoms with Gasteiger partial charge in [-0.2, -0.15) is 13.2 Å². The molecule has 2 aromatic rings. The maximum atomic E-state index is 13.7. The molecule has 2 aliphatic heterocycles. The number of likely N-dealkylation sites (N-methyl/N-ethyl adjacent to an activating group) is 1.